The number of halogens is 6. The number of rotatable bonds is 5. The van der Waals surface area contributed by atoms with Crippen LogP contribution in [-0.2, 0) is 0 Å². The number of hydrogen-bond donors (Lipinski definition) is 1. The molecule has 0 unspecified atom stereocenters. The second kappa shape index (κ2) is 10.9. The number of amidine groups is 1. The van der Waals surface area contributed by atoms with Gasteiger partial charge in [0.15, 0.2) is 11.0 Å². The Morgan fingerprint density at radius 1 is 1.00 bits per heavy atom. The van der Waals surface area contributed by atoms with E-state index in [0.29, 0.717) is 16.8 Å². The molecule has 0 fully saturated rings. The zero-order chi connectivity index (χ0) is 22.3. The lowest BCUT2D eigenvalue weighted by Gasteiger charge is -2.09. The van der Waals surface area contributed by atoms with Crippen LogP contribution in [-0.4, -0.2) is 22.7 Å². The summed E-state index contributed by atoms with van der Waals surface area (Å²) in [6.45, 7) is 0. The van der Waals surface area contributed by atoms with E-state index in [1.807, 2.05) is 0 Å². The molecule has 11 heteroatoms. The molecule has 2 rings (SSSR count). The van der Waals surface area contributed by atoms with Gasteiger partial charge in [-0.25, -0.2) is 13.2 Å². The van der Waals surface area contributed by atoms with Gasteiger partial charge in [-0.15, -0.1) is 0 Å². The molecule has 0 saturated heterocycles. The Balaban J connectivity index is 2.25. The highest BCUT2D eigenvalue weighted by molar-refractivity contribution is 8.13. The van der Waals surface area contributed by atoms with Crippen molar-refractivity contribution in [3.8, 4) is 0 Å². The fourth-order valence-corrected chi connectivity index (χ4v) is 2.96. The standard InChI is InChI=1S/C19H12ClF5N2O2S/c20-11-6-4-10(5-7-11)17(28)26-19(30-9-8-14(23)16(24)25)27-18(29)15-12(21)2-1-3-13(15)22/h1-7H,8-9H2,(H,26,27,28,29). The van der Waals surface area contributed by atoms with E-state index in [4.69, 9.17) is 11.6 Å². The minimum Gasteiger partial charge on any atom is -0.301 e. The van der Waals surface area contributed by atoms with Gasteiger partial charge in [0.1, 0.15) is 17.2 Å². The number of carbonyl (C=O) groups is 2. The second-order valence-corrected chi connectivity index (χ2v) is 7.06. The smallest absolute Gasteiger partial charge is 0.301 e. The van der Waals surface area contributed by atoms with E-state index in [0.717, 1.165) is 18.2 Å². The molecule has 0 spiro atoms. The van der Waals surface area contributed by atoms with Crippen molar-refractivity contribution in [2.75, 3.05) is 5.75 Å². The summed E-state index contributed by atoms with van der Waals surface area (Å²) in [4.78, 5) is 28.2. The number of thioether (sulfide) groups is 1. The van der Waals surface area contributed by atoms with E-state index < -0.39 is 52.5 Å². The van der Waals surface area contributed by atoms with E-state index in [2.05, 4.69) is 10.3 Å². The monoisotopic (exact) mass is 462 g/mol. The number of carbonyl (C=O) groups excluding carboxylic acids is 2. The summed E-state index contributed by atoms with van der Waals surface area (Å²) in [6, 6.07) is 8.26. The first-order valence-corrected chi connectivity index (χ1v) is 9.51. The van der Waals surface area contributed by atoms with Crippen LogP contribution in [0.3, 0.4) is 0 Å². The van der Waals surface area contributed by atoms with Crippen molar-refractivity contribution in [1.29, 1.82) is 0 Å². The summed E-state index contributed by atoms with van der Waals surface area (Å²) in [5.74, 6) is -6.43. The van der Waals surface area contributed by atoms with E-state index in [1.54, 1.807) is 0 Å². The average molecular weight is 463 g/mol. The lowest BCUT2D eigenvalue weighted by atomic mass is 10.2. The number of nitrogens with zero attached hydrogens (tertiary/aromatic N) is 1. The zero-order valence-electron chi connectivity index (χ0n) is 14.9. The SMILES string of the molecule is O=C(N=C(NC(=O)c1c(F)cccc1F)SCCC(F)=C(F)F)c1ccc(Cl)cc1. The van der Waals surface area contributed by atoms with E-state index in [9.17, 15) is 31.5 Å². The summed E-state index contributed by atoms with van der Waals surface area (Å²) in [6.07, 6.45) is -3.21. The van der Waals surface area contributed by atoms with Crippen LogP contribution in [0.2, 0.25) is 5.02 Å². The minimum absolute atomic E-state index is 0.0738. The van der Waals surface area contributed by atoms with Crippen molar-refractivity contribution in [2.45, 2.75) is 6.42 Å². The maximum atomic E-state index is 13.8. The predicted octanol–water partition coefficient (Wildman–Crippen LogP) is 5.75. The molecule has 2 amide bonds. The molecule has 0 aliphatic carbocycles. The molecule has 0 radical (unpaired) electrons. The van der Waals surface area contributed by atoms with Gasteiger partial charge in [-0.05, 0) is 36.4 Å². The van der Waals surface area contributed by atoms with Crippen molar-refractivity contribution in [1.82, 2.24) is 5.32 Å². The van der Waals surface area contributed by atoms with Crippen molar-refractivity contribution < 1.29 is 31.5 Å². The molecule has 0 saturated carbocycles. The summed E-state index contributed by atoms with van der Waals surface area (Å²) in [7, 11) is 0. The minimum atomic E-state index is -2.50. The number of aliphatic imine (C=N–C) groups is 1. The fourth-order valence-electron chi connectivity index (χ4n) is 2.05. The lowest BCUT2D eigenvalue weighted by molar-refractivity contribution is 0.0969. The molecule has 4 nitrogen and oxygen atoms in total. The molecule has 0 atom stereocenters. The number of nitrogens with one attached hydrogen (secondary N) is 1. The van der Waals surface area contributed by atoms with Crippen LogP contribution < -0.4 is 5.32 Å². The maximum absolute atomic E-state index is 13.8. The molecule has 1 N–H and O–H groups in total. The van der Waals surface area contributed by atoms with E-state index >= 15 is 0 Å². The van der Waals surface area contributed by atoms with Crippen LogP contribution in [0.4, 0.5) is 22.0 Å². The first-order valence-electron chi connectivity index (χ1n) is 8.15. The number of benzene rings is 2. The van der Waals surface area contributed by atoms with E-state index in [1.165, 1.54) is 24.3 Å². The fraction of sp³-hybridized carbons (Fsp3) is 0.105. The normalized spacial score (nSPS) is 11.2. The summed E-state index contributed by atoms with van der Waals surface area (Å²) >= 11 is 6.28. The molecule has 0 aromatic heterocycles. The zero-order valence-corrected chi connectivity index (χ0v) is 16.5. The molecule has 2 aromatic rings. The van der Waals surface area contributed by atoms with Gasteiger partial charge in [-0.3, -0.25) is 9.59 Å². The number of hydrogen-bond acceptors (Lipinski definition) is 3. The highest BCUT2D eigenvalue weighted by Crippen LogP contribution is 2.18. The third-order valence-corrected chi connectivity index (χ3v) is 4.60. The van der Waals surface area contributed by atoms with Crippen LogP contribution in [0, 0.1) is 11.6 Å². The first-order chi connectivity index (χ1) is 14.2. The molecular formula is C19H12ClF5N2O2S. The first kappa shape index (κ1) is 23.6. The van der Waals surface area contributed by atoms with Crippen molar-refractivity contribution >= 4 is 40.3 Å². The number of amides is 2. The molecule has 30 heavy (non-hydrogen) atoms. The van der Waals surface area contributed by atoms with Crippen LogP contribution in [0.25, 0.3) is 0 Å². The number of allylic oxidation sites excluding steroid dienone is 1. The molecule has 158 valence electrons. The Hall–Kier alpha value is -2.72. The van der Waals surface area contributed by atoms with Gasteiger partial charge in [-0.2, -0.15) is 13.8 Å². The van der Waals surface area contributed by atoms with Gasteiger partial charge in [0, 0.05) is 22.8 Å². The van der Waals surface area contributed by atoms with Gasteiger partial charge in [0.25, 0.3) is 11.8 Å². The van der Waals surface area contributed by atoms with Crippen molar-refractivity contribution in [3.05, 3.63) is 82.2 Å². The predicted molar refractivity (Wildman–Crippen MR) is 104 cm³/mol. The Kier molecular flexibility index (Phi) is 8.55. The van der Waals surface area contributed by atoms with Gasteiger partial charge in [-0.1, -0.05) is 29.4 Å². The Morgan fingerprint density at radius 2 is 1.60 bits per heavy atom. The van der Waals surface area contributed by atoms with Crippen LogP contribution >= 0.6 is 23.4 Å². The molecule has 0 aliphatic heterocycles. The van der Waals surface area contributed by atoms with Gasteiger partial charge in [0.2, 0.25) is 0 Å². The summed E-state index contributed by atoms with van der Waals surface area (Å²) in [5.41, 5.74) is -0.852. The van der Waals surface area contributed by atoms with Crippen LogP contribution in [0.5, 0.6) is 0 Å². The van der Waals surface area contributed by atoms with Gasteiger partial charge < -0.3 is 5.32 Å². The third kappa shape index (κ3) is 6.67. The van der Waals surface area contributed by atoms with Crippen LogP contribution in [0.1, 0.15) is 27.1 Å². The molecular weight excluding hydrogens is 451 g/mol. The summed E-state index contributed by atoms with van der Waals surface area (Å²) < 4.78 is 64.9. The van der Waals surface area contributed by atoms with Crippen molar-refractivity contribution in [2.24, 2.45) is 4.99 Å². The van der Waals surface area contributed by atoms with Gasteiger partial charge in [0.05, 0.1) is 0 Å². The Bertz CT molecular complexity index is 988. The van der Waals surface area contributed by atoms with Gasteiger partial charge >= 0.3 is 6.08 Å². The second-order valence-electron chi connectivity index (χ2n) is 5.54. The molecule has 0 bridgehead atoms. The molecule has 0 aliphatic rings. The summed E-state index contributed by atoms with van der Waals surface area (Å²) in [5, 5.41) is 1.95. The maximum Gasteiger partial charge on any atom is 0.301 e. The highest BCUT2D eigenvalue weighted by atomic mass is 35.5. The Labute approximate surface area is 176 Å². The molecule has 0 heterocycles. The largest absolute Gasteiger partial charge is 0.301 e. The van der Waals surface area contributed by atoms with Crippen LogP contribution in [0.15, 0.2) is 59.4 Å². The van der Waals surface area contributed by atoms with Crippen molar-refractivity contribution in [3.63, 3.8) is 0 Å². The third-order valence-electron chi connectivity index (χ3n) is 3.47. The van der Waals surface area contributed by atoms with E-state index in [-0.39, 0.29) is 11.3 Å². The quantitative estimate of drug-likeness (QED) is 0.350. The average Bonchev–Trinajstić information content (AvgIpc) is 2.68. The topological polar surface area (TPSA) is 58.5 Å². The Morgan fingerprint density at radius 3 is 2.17 bits per heavy atom. The highest BCUT2D eigenvalue weighted by Gasteiger charge is 2.20. The molecule has 2 aromatic carbocycles. The lowest BCUT2D eigenvalue weighted by Crippen LogP contribution is -2.31.